The maximum atomic E-state index is 13.4. The minimum Gasteiger partial charge on any atom is -0.379 e. The molecule has 32 heavy (non-hydrogen) atoms. The average molecular weight is 480 g/mol. The molecule has 8 heteroatoms. The number of amides is 1. The molecule has 0 saturated carbocycles. The van der Waals surface area contributed by atoms with Crippen LogP contribution in [0.25, 0.3) is 0 Å². The lowest BCUT2D eigenvalue weighted by Crippen LogP contribution is -2.38. The van der Waals surface area contributed by atoms with Crippen molar-refractivity contribution in [1.82, 2.24) is 10.2 Å². The minimum absolute atomic E-state index is 0.0784. The molecule has 0 aromatic heterocycles. The molecular weight excluding hydrogens is 449 g/mol. The number of dihydropyridines is 1. The zero-order valence-corrected chi connectivity index (χ0v) is 20.4. The molecule has 1 aliphatic heterocycles. The number of benzene rings is 1. The first-order valence-electron chi connectivity index (χ1n) is 11.2. The van der Waals surface area contributed by atoms with Gasteiger partial charge in [0.05, 0.1) is 23.9 Å². The Labute approximate surface area is 200 Å². The average Bonchev–Trinajstić information content (AvgIpc) is 2.76. The van der Waals surface area contributed by atoms with E-state index in [1.165, 1.54) is 0 Å². The molecular formula is C24H31Cl2N3O3. The zero-order chi connectivity index (χ0) is 23.3. The standard InChI is InChI=1S/C24H31Cl2N3O3/c1-4-29(5-2)11-12-32-14-17-22(15(3)27-19-7-6-8-21(30)23(17)19)24(31)28-20-13-16(25)9-10-18(20)26/h9-10,13,17,27H,4-8,11-12,14H2,1-3H3,(H,28,31). The molecule has 3 rings (SSSR count). The van der Waals surface area contributed by atoms with Gasteiger partial charge in [-0.1, -0.05) is 37.0 Å². The summed E-state index contributed by atoms with van der Waals surface area (Å²) in [7, 11) is 0. The van der Waals surface area contributed by atoms with Crippen molar-refractivity contribution in [3.63, 3.8) is 0 Å². The fraction of sp³-hybridized carbons (Fsp3) is 0.500. The Bertz CT molecular complexity index is 938. The van der Waals surface area contributed by atoms with E-state index in [9.17, 15) is 9.59 Å². The van der Waals surface area contributed by atoms with E-state index >= 15 is 0 Å². The van der Waals surface area contributed by atoms with Crippen LogP contribution in [0.2, 0.25) is 10.0 Å². The first-order valence-corrected chi connectivity index (χ1v) is 11.9. The fourth-order valence-corrected chi connectivity index (χ4v) is 4.65. The molecule has 2 aliphatic rings. The highest BCUT2D eigenvalue weighted by atomic mass is 35.5. The Morgan fingerprint density at radius 1 is 1.25 bits per heavy atom. The Hall–Kier alpha value is -1.86. The van der Waals surface area contributed by atoms with Gasteiger partial charge >= 0.3 is 0 Å². The Balaban J connectivity index is 1.83. The quantitative estimate of drug-likeness (QED) is 0.498. The highest BCUT2D eigenvalue weighted by Gasteiger charge is 2.37. The number of halogens is 2. The summed E-state index contributed by atoms with van der Waals surface area (Å²) in [5.41, 5.74) is 3.24. The molecule has 2 N–H and O–H groups in total. The fourth-order valence-electron chi connectivity index (χ4n) is 4.31. The maximum absolute atomic E-state index is 13.4. The van der Waals surface area contributed by atoms with Gasteiger partial charge in [-0.2, -0.15) is 0 Å². The van der Waals surface area contributed by atoms with Gasteiger partial charge in [0.15, 0.2) is 5.78 Å². The van der Waals surface area contributed by atoms with Crippen molar-refractivity contribution in [3.8, 4) is 0 Å². The van der Waals surface area contributed by atoms with Crippen molar-refractivity contribution in [2.45, 2.75) is 40.0 Å². The van der Waals surface area contributed by atoms with E-state index in [1.54, 1.807) is 18.2 Å². The number of carbonyl (C=O) groups excluding carboxylic acids is 2. The number of anilines is 1. The largest absolute Gasteiger partial charge is 0.379 e. The van der Waals surface area contributed by atoms with E-state index in [-0.39, 0.29) is 18.3 Å². The number of carbonyl (C=O) groups is 2. The summed E-state index contributed by atoms with van der Waals surface area (Å²) < 4.78 is 6.01. The molecule has 1 atom stereocenters. The maximum Gasteiger partial charge on any atom is 0.254 e. The van der Waals surface area contributed by atoms with Crippen molar-refractivity contribution < 1.29 is 14.3 Å². The number of nitrogens with zero attached hydrogens (tertiary/aromatic N) is 1. The molecule has 1 heterocycles. The molecule has 174 valence electrons. The van der Waals surface area contributed by atoms with Gasteiger partial charge in [-0.15, -0.1) is 0 Å². The van der Waals surface area contributed by atoms with E-state index in [2.05, 4.69) is 29.4 Å². The molecule has 1 aromatic carbocycles. The van der Waals surface area contributed by atoms with Gasteiger partial charge < -0.3 is 20.3 Å². The first kappa shape index (κ1) is 24.8. The molecule has 0 saturated heterocycles. The third kappa shape index (κ3) is 5.73. The predicted octanol–water partition coefficient (Wildman–Crippen LogP) is 4.79. The Morgan fingerprint density at radius 3 is 2.72 bits per heavy atom. The molecule has 1 amide bonds. The number of ether oxygens (including phenoxy) is 1. The number of Topliss-reactive ketones (excluding diaryl/α,β-unsaturated/α-hetero) is 1. The molecule has 1 aliphatic carbocycles. The van der Waals surface area contributed by atoms with Crippen molar-refractivity contribution in [3.05, 3.63) is 50.8 Å². The number of likely N-dealkylation sites (N-methyl/N-ethyl adjacent to an activating group) is 1. The van der Waals surface area contributed by atoms with Crippen LogP contribution in [0.3, 0.4) is 0 Å². The molecule has 1 unspecified atom stereocenters. The first-order chi connectivity index (χ1) is 15.3. The third-order valence-corrected chi connectivity index (χ3v) is 6.61. The van der Waals surface area contributed by atoms with Gasteiger partial charge in [0.25, 0.3) is 5.91 Å². The normalized spacial score (nSPS) is 18.7. The molecule has 0 bridgehead atoms. The van der Waals surface area contributed by atoms with Gasteiger partial charge in [-0.25, -0.2) is 0 Å². The van der Waals surface area contributed by atoms with E-state index in [1.807, 2.05) is 6.92 Å². The molecule has 0 spiro atoms. The van der Waals surface area contributed by atoms with Crippen LogP contribution >= 0.6 is 23.2 Å². The molecule has 0 fully saturated rings. The molecule has 0 radical (unpaired) electrons. The lowest BCUT2D eigenvalue weighted by atomic mass is 9.78. The summed E-state index contributed by atoms with van der Waals surface area (Å²) in [5.74, 6) is -0.662. The molecule has 1 aromatic rings. The summed E-state index contributed by atoms with van der Waals surface area (Å²) in [5, 5.41) is 7.04. The van der Waals surface area contributed by atoms with Crippen LogP contribution in [0.1, 0.15) is 40.0 Å². The second-order valence-electron chi connectivity index (χ2n) is 8.07. The van der Waals surface area contributed by atoms with Gasteiger partial charge in [-0.05, 0) is 51.1 Å². The number of ketones is 1. The van der Waals surface area contributed by atoms with Gasteiger partial charge in [0.1, 0.15) is 0 Å². The molecule has 6 nitrogen and oxygen atoms in total. The van der Waals surface area contributed by atoms with Gasteiger partial charge in [0.2, 0.25) is 0 Å². The third-order valence-electron chi connectivity index (χ3n) is 6.05. The highest BCUT2D eigenvalue weighted by molar-refractivity contribution is 6.36. The summed E-state index contributed by atoms with van der Waals surface area (Å²) >= 11 is 12.3. The van der Waals surface area contributed by atoms with Crippen molar-refractivity contribution in [2.24, 2.45) is 5.92 Å². The number of nitrogens with one attached hydrogen (secondary N) is 2. The van der Waals surface area contributed by atoms with Gasteiger partial charge in [0, 0.05) is 46.4 Å². The summed E-state index contributed by atoms with van der Waals surface area (Å²) in [6.45, 7) is 9.61. The number of rotatable bonds is 9. The minimum atomic E-state index is -0.422. The lowest BCUT2D eigenvalue weighted by Gasteiger charge is -2.34. The zero-order valence-electron chi connectivity index (χ0n) is 18.9. The monoisotopic (exact) mass is 479 g/mol. The van der Waals surface area contributed by atoms with E-state index in [0.717, 1.165) is 43.9 Å². The summed E-state index contributed by atoms with van der Waals surface area (Å²) in [4.78, 5) is 28.5. The van der Waals surface area contributed by atoms with Crippen molar-refractivity contribution >= 4 is 40.6 Å². The van der Waals surface area contributed by atoms with E-state index < -0.39 is 5.92 Å². The van der Waals surface area contributed by atoms with Crippen LogP contribution < -0.4 is 10.6 Å². The number of hydrogen-bond acceptors (Lipinski definition) is 5. The van der Waals surface area contributed by atoms with Crippen LogP contribution in [-0.4, -0.2) is 49.4 Å². The van der Waals surface area contributed by atoms with Crippen molar-refractivity contribution in [1.29, 1.82) is 0 Å². The van der Waals surface area contributed by atoms with Crippen LogP contribution in [0.15, 0.2) is 40.7 Å². The van der Waals surface area contributed by atoms with Crippen LogP contribution in [-0.2, 0) is 14.3 Å². The van der Waals surface area contributed by atoms with Crippen LogP contribution in [0.4, 0.5) is 5.69 Å². The number of hydrogen-bond donors (Lipinski definition) is 2. The Morgan fingerprint density at radius 2 is 2.00 bits per heavy atom. The number of allylic oxidation sites excluding steroid dienone is 2. The van der Waals surface area contributed by atoms with Crippen LogP contribution in [0, 0.1) is 5.92 Å². The SMILES string of the molecule is CCN(CC)CCOCC1C(C(=O)Nc2cc(Cl)ccc2Cl)=C(C)NC2=C1C(=O)CCC2. The highest BCUT2D eigenvalue weighted by Crippen LogP contribution is 2.37. The Kier molecular flexibility index (Phi) is 8.77. The predicted molar refractivity (Wildman–Crippen MR) is 129 cm³/mol. The lowest BCUT2D eigenvalue weighted by molar-refractivity contribution is -0.117. The smallest absolute Gasteiger partial charge is 0.254 e. The van der Waals surface area contributed by atoms with Crippen LogP contribution in [0.5, 0.6) is 0 Å². The van der Waals surface area contributed by atoms with E-state index in [4.69, 9.17) is 27.9 Å². The van der Waals surface area contributed by atoms with E-state index in [0.29, 0.717) is 39.9 Å². The van der Waals surface area contributed by atoms with Gasteiger partial charge in [-0.3, -0.25) is 9.59 Å². The summed E-state index contributed by atoms with van der Waals surface area (Å²) in [6, 6.07) is 4.91. The topological polar surface area (TPSA) is 70.7 Å². The van der Waals surface area contributed by atoms with Crippen molar-refractivity contribution in [2.75, 3.05) is 38.2 Å². The second kappa shape index (κ2) is 11.3. The summed E-state index contributed by atoms with van der Waals surface area (Å²) in [6.07, 6.45) is 2.10. The second-order valence-corrected chi connectivity index (χ2v) is 8.91.